The molecule has 1 atom stereocenters. The van der Waals surface area contributed by atoms with Crippen molar-refractivity contribution in [1.82, 2.24) is 15.5 Å². The van der Waals surface area contributed by atoms with E-state index >= 15 is 0 Å². The molecule has 1 unspecified atom stereocenters. The molecule has 2 amide bonds. The first-order valence-corrected chi connectivity index (χ1v) is 9.65. The standard InChI is InChI=1S/C19H25N3O5S/c1-3-11-27-16(23)12-15-18(25)20-9-10-22(15)19(28)21-17(24)13-5-7-14(8-6-13)26-4-2/h5-8,15H,3-4,9-12H2,1-2H3,(H,20,25)(H,21,24,28). The number of carbonyl (C=O) groups is 3. The Labute approximate surface area is 169 Å². The number of piperazine rings is 1. The zero-order valence-electron chi connectivity index (χ0n) is 16.0. The minimum Gasteiger partial charge on any atom is -0.494 e. The number of amides is 2. The normalized spacial score (nSPS) is 16.1. The summed E-state index contributed by atoms with van der Waals surface area (Å²) in [7, 11) is 0. The first kappa shape index (κ1) is 21.6. The van der Waals surface area contributed by atoms with E-state index in [9.17, 15) is 14.4 Å². The van der Waals surface area contributed by atoms with Gasteiger partial charge in [0.25, 0.3) is 5.91 Å². The van der Waals surface area contributed by atoms with Crippen LogP contribution < -0.4 is 15.4 Å². The summed E-state index contributed by atoms with van der Waals surface area (Å²) < 4.78 is 10.4. The molecule has 1 aromatic rings. The number of rotatable bonds is 7. The van der Waals surface area contributed by atoms with Gasteiger partial charge >= 0.3 is 5.97 Å². The van der Waals surface area contributed by atoms with E-state index < -0.39 is 17.9 Å². The van der Waals surface area contributed by atoms with Crippen molar-refractivity contribution in [3.63, 3.8) is 0 Å². The van der Waals surface area contributed by atoms with Crippen molar-refractivity contribution in [1.29, 1.82) is 0 Å². The van der Waals surface area contributed by atoms with Crippen LogP contribution >= 0.6 is 12.2 Å². The lowest BCUT2D eigenvalue weighted by Crippen LogP contribution is -2.60. The van der Waals surface area contributed by atoms with Gasteiger partial charge in [-0.05, 0) is 49.8 Å². The molecule has 0 bridgehead atoms. The highest BCUT2D eigenvalue weighted by molar-refractivity contribution is 7.80. The van der Waals surface area contributed by atoms with Crippen molar-refractivity contribution >= 4 is 35.1 Å². The van der Waals surface area contributed by atoms with Crippen molar-refractivity contribution in [2.75, 3.05) is 26.3 Å². The molecule has 28 heavy (non-hydrogen) atoms. The molecule has 9 heteroatoms. The van der Waals surface area contributed by atoms with Gasteiger partial charge in [0, 0.05) is 18.7 Å². The molecular formula is C19H25N3O5S. The highest BCUT2D eigenvalue weighted by Crippen LogP contribution is 2.14. The van der Waals surface area contributed by atoms with E-state index in [4.69, 9.17) is 21.7 Å². The summed E-state index contributed by atoms with van der Waals surface area (Å²) in [6.45, 7) is 5.36. The molecular weight excluding hydrogens is 382 g/mol. The number of nitrogens with zero attached hydrogens (tertiary/aromatic N) is 1. The van der Waals surface area contributed by atoms with Crippen molar-refractivity contribution in [3.05, 3.63) is 29.8 Å². The predicted octanol–water partition coefficient (Wildman–Crippen LogP) is 1.24. The molecule has 8 nitrogen and oxygen atoms in total. The van der Waals surface area contributed by atoms with Gasteiger partial charge in [-0.2, -0.15) is 0 Å². The molecule has 1 fully saturated rings. The molecule has 0 spiro atoms. The van der Waals surface area contributed by atoms with Crippen molar-refractivity contribution in [3.8, 4) is 5.75 Å². The smallest absolute Gasteiger partial charge is 0.308 e. The molecule has 2 rings (SSSR count). The first-order valence-electron chi connectivity index (χ1n) is 9.24. The molecule has 1 aromatic carbocycles. The number of carbonyl (C=O) groups excluding carboxylic acids is 3. The number of nitrogens with one attached hydrogen (secondary N) is 2. The second-order valence-electron chi connectivity index (χ2n) is 6.14. The fraction of sp³-hybridized carbons (Fsp3) is 0.474. The lowest BCUT2D eigenvalue weighted by molar-refractivity contribution is -0.147. The minimum atomic E-state index is -0.814. The number of benzene rings is 1. The third-order valence-electron chi connectivity index (χ3n) is 4.07. The molecule has 0 radical (unpaired) electrons. The summed E-state index contributed by atoms with van der Waals surface area (Å²) in [4.78, 5) is 38.2. The van der Waals surface area contributed by atoms with Gasteiger partial charge < -0.3 is 19.7 Å². The summed E-state index contributed by atoms with van der Waals surface area (Å²) >= 11 is 5.33. The summed E-state index contributed by atoms with van der Waals surface area (Å²) in [5, 5.41) is 5.44. The maximum absolute atomic E-state index is 12.5. The second kappa shape index (κ2) is 10.6. The summed E-state index contributed by atoms with van der Waals surface area (Å²) in [6.07, 6.45) is 0.563. The van der Waals surface area contributed by atoms with Crippen LogP contribution in [-0.2, 0) is 14.3 Å². The fourth-order valence-electron chi connectivity index (χ4n) is 2.70. The van der Waals surface area contributed by atoms with Crippen molar-refractivity contribution < 1.29 is 23.9 Å². The molecule has 1 saturated heterocycles. The van der Waals surface area contributed by atoms with Crippen molar-refractivity contribution in [2.24, 2.45) is 0 Å². The Morgan fingerprint density at radius 3 is 2.64 bits per heavy atom. The monoisotopic (exact) mass is 407 g/mol. The Morgan fingerprint density at radius 1 is 1.29 bits per heavy atom. The van der Waals surface area contributed by atoms with Gasteiger partial charge in [-0.15, -0.1) is 0 Å². The first-order chi connectivity index (χ1) is 13.5. The number of esters is 1. The van der Waals surface area contributed by atoms with Gasteiger partial charge in [0.05, 0.1) is 19.6 Å². The van der Waals surface area contributed by atoms with Gasteiger partial charge in [0.2, 0.25) is 5.91 Å². The Hall–Kier alpha value is -2.68. The van der Waals surface area contributed by atoms with Gasteiger partial charge in [0.15, 0.2) is 5.11 Å². The second-order valence-corrected chi connectivity index (χ2v) is 6.53. The van der Waals surface area contributed by atoms with Crippen LogP contribution in [0, 0.1) is 0 Å². The van der Waals surface area contributed by atoms with Crippen molar-refractivity contribution in [2.45, 2.75) is 32.7 Å². The maximum atomic E-state index is 12.5. The lowest BCUT2D eigenvalue weighted by atomic mass is 10.1. The summed E-state index contributed by atoms with van der Waals surface area (Å²) in [5.74, 6) is -0.529. The number of ether oxygens (including phenoxy) is 2. The van der Waals surface area contributed by atoms with Crippen LogP contribution in [0.4, 0.5) is 0 Å². The van der Waals surface area contributed by atoms with E-state index in [1.165, 1.54) is 0 Å². The zero-order chi connectivity index (χ0) is 20.5. The van der Waals surface area contributed by atoms with E-state index in [0.717, 1.165) is 0 Å². The van der Waals surface area contributed by atoms with Crippen LogP contribution in [-0.4, -0.2) is 60.1 Å². The van der Waals surface area contributed by atoms with E-state index in [-0.39, 0.29) is 17.4 Å². The highest BCUT2D eigenvalue weighted by atomic mass is 32.1. The van der Waals surface area contributed by atoms with Gasteiger partial charge in [0.1, 0.15) is 11.8 Å². The Kier molecular flexibility index (Phi) is 8.19. The van der Waals surface area contributed by atoms with Gasteiger partial charge in [-0.3, -0.25) is 19.7 Å². The molecule has 152 valence electrons. The third-order valence-corrected chi connectivity index (χ3v) is 4.40. The average Bonchev–Trinajstić information content (AvgIpc) is 2.68. The molecule has 0 saturated carbocycles. The fourth-order valence-corrected chi connectivity index (χ4v) is 3.01. The molecule has 1 aliphatic heterocycles. The zero-order valence-corrected chi connectivity index (χ0v) is 16.8. The summed E-state index contributed by atoms with van der Waals surface area (Å²) in [6, 6.07) is 5.84. The molecule has 1 heterocycles. The van der Waals surface area contributed by atoms with Crippen LogP contribution in [0.25, 0.3) is 0 Å². The maximum Gasteiger partial charge on any atom is 0.308 e. The van der Waals surface area contributed by atoms with Gasteiger partial charge in [-0.25, -0.2) is 0 Å². The molecule has 2 N–H and O–H groups in total. The number of hydrogen-bond acceptors (Lipinski definition) is 6. The quantitative estimate of drug-likeness (QED) is 0.519. The van der Waals surface area contributed by atoms with E-state index in [1.54, 1.807) is 29.2 Å². The Balaban J connectivity index is 2.01. The molecule has 0 aliphatic carbocycles. The predicted molar refractivity (Wildman–Crippen MR) is 107 cm³/mol. The van der Waals surface area contributed by atoms with Crippen LogP contribution in [0.15, 0.2) is 24.3 Å². The van der Waals surface area contributed by atoms with Crippen LogP contribution in [0.1, 0.15) is 37.0 Å². The van der Waals surface area contributed by atoms with E-state index in [1.807, 2.05) is 13.8 Å². The summed E-state index contributed by atoms with van der Waals surface area (Å²) in [5.41, 5.74) is 0.408. The lowest BCUT2D eigenvalue weighted by Gasteiger charge is -2.36. The van der Waals surface area contributed by atoms with Gasteiger partial charge in [-0.1, -0.05) is 6.92 Å². The molecule has 0 aromatic heterocycles. The minimum absolute atomic E-state index is 0.0991. The van der Waals surface area contributed by atoms with Crippen LogP contribution in [0.3, 0.4) is 0 Å². The van der Waals surface area contributed by atoms with Crippen LogP contribution in [0.5, 0.6) is 5.75 Å². The molecule has 1 aliphatic rings. The largest absolute Gasteiger partial charge is 0.494 e. The number of thiocarbonyl (C=S) groups is 1. The topological polar surface area (TPSA) is 97.0 Å². The number of hydrogen-bond donors (Lipinski definition) is 2. The van der Waals surface area contributed by atoms with Crippen LogP contribution in [0.2, 0.25) is 0 Å². The Morgan fingerprint density at radius 2 is 2.00 bits per heavy atom. The third kappa shape index (κ3) is 5.91. The van der Waals surface area contributed by atoms with E-state index in [0.29, 0.717) is 44.0 Å². The Bertz CT molecular complexity index is 723. The average molecular weight is 407 g/mol. The van der Waals surface area contributed by atoms with E-state index in [2.05, 4.69) is 10.6 Å². The SMILES string of the molecule is CCCOC(=O)CC1C(=O)NCCN1C(=S)NC(=O)c1ccc(OCC)cc1. The highest BCUT2D eigenvalue weighted by Gasteiger charge is 2.34.